The monoisotopic (exact) mass is 265 g/mol. The van der Waals surface area contributed by atoms with Crippen LogP contribution in [0.25, 0.3) is 0 Å². The Morgan fingerprint density at radius 3 is 2.53 bits per heavy atom. The minimum Gasteiger partial charge on any atom is -0.367 e. The maximum Gasteiger partial charge on any atom is 0.146 e. The van der Waals surface area contributed by atoms with E-state index in [0.717, 1.165) is 45.0 Å². The van der Waals surface area contributed by atoms with E-state index in [9.17, 15) is 4.39 Å². The fraction of sp³-hybridized carbons (Fsp3) is 0.600. The van der Waals surface area contributed by atoms with E-state index in [0.29, 0.717) is 5.92 Å². The number of piperazine rings is 1. The van der Waals surface area contributed by atoms with Gasteiger partial charge in [0, 0.05) is 32.7 Å². The van der Waals surface area contributed by atoms with Gasteiger partial charge >= 0.3 is 0 Å². The molecule has 0 aliphatic carbocycles. The summed E-state index contributed by atoms with van der Waals surface area (Å²) in [6.45, 7) is 8.28. The third-order valence-electron chi connectivity index (χ3n) is 3.69. The van der Waals surface area contributed by atoms with Crippen molar-refractivity contribution in [2.24, 2.45) is 5.92 Å². The van der Waals surface area contributed by atoms with Crippen LogP contribution in [-0.4, -0.2) is 51.2 Å². The van der Waals surface area contributed by atoms with Crippen LogP contribution in [0.5, 0.6) is 0 Å². The van der Waals surface area contributed by atoms with Crippen LogP contribution < -0.4 is 10.2 Å². The van der Waals surface area contributed by atoms with Crippen molar-refractivity contribution in [1.82, 2.24) is 10.2 Å². The van der Waals surface area contributed by atoms with Crippen LogP contribution in [0.1, 0.15) is 6.92 Å². The summed E-state index contributed by atoms with van der Waals surface area (Å²) >= 11 is 0. The average molecular weight is 265 g/mol. The van der Waals surface area contributed by atoms with Crippen molar-refractivity contribution in [3.63, 3.8) is 0 Å². The van der Waals surface area contributed by atoms with Gasteiger partial charge in [-0.1, -0.05) is 19.1 Å². The number of para-hydroxylation sites is 1. The molecule has 4 heteroatoms. The highest BCUT2D eigenvalue weighted by Crippen LogP contribution is 2.20. The lowest BCUT2D eigenvalue weighted by Gasteiger charge is -2.37. The fourth-order valence-electron chi connectivity index (χ4n) is 2.73. The summed E-state index contributed by atoms with van der Waals surface area (Å²) in [5.41, 5.74) is 0.741. The van der Waals surface area contributed by atoms with E-state index < -0.39 is 0 Å². The van der Waals surface area contributed by atoms with Gasteiger partial charge in [0.2, 0.25) is 0 Å². The number of hydrogen-bond acceptors (Lipinski definition) is 3. The molecule has 1 aliphatic heterocycles. The zero-order chi connectivity index (χ0) is 13.7. The van der Waals surface area contributed by atoms with E-state index in [1.807, 2.05) is 19.2 Å². The van der Waals surface area contributed by atoms with E-state index >= 15 is 0 Å². The van der Waals surface area contributed by atoms with Gasteiger partial charge in [0.1, 0.15) is 5.82 Å². The zero-order valence-corrected chi connectivity index (χ0v) is 11.9. The average Bonchev–Trinajstić information content (AvgIpc) is 2.41. The van der Waals surface area contributed by atoms with Crippen molar-refractivity contribution in [3.05, 3.63) is 30.1 Å². The van der Waals surface area contributed by atoms with E-state index in [1.54, 1.807) is 6.07 Å². The number of nitrogens with zero attached hydrogens (tertiary/aromatic N) is 2. The Labute approximate surface area is 115 Å². The number of halogens is 1. The molecule has 1 N–H and O–H groups in total. The minimum atomic E-state index is -0.112. The molecule has 0 spiro atoms. The van der Waals surface area contributed by atoms with Gasteiger partial charge < -0.3 is 10.2 Å². The Morgan fingerprint density at radius 2 is 1.89 bits per heavy atom. The molecular formula is C15H24FN3. The SMILES string of the molecule is CNCC(C)CN1CCN(c2ccccc2F)CC1. The molecule has 1 saturated heterocycles. The van der Waals surface area contributed by atoms with Crippen LogP contribution in [-0.2, 0) is 0 Å². The molecule has 0 aromatic heterocycles. The molecule has 0 amide bonds. The summed E-state index contributed by atoms with van der Waals surface area (Å²) in [7, 11) is 1.99. The normalized spacial score (nSPS) is 18.6. The summed E-state index contributed by atoms with van der Waals surface area (Å²) in [5.74, 6) is 0.546. The van der Waals surface area contributed by atoms with Gasteiger partial charge in [-0.15, -0.1) is 0 Å². The maximum absolute atomic E-state index is 13.7. The van der Waals surface area contributed by atoms with Gasteiger partial charge in [0.25, 0.3) is 0 Å². The lowest BCUT2D eigenvalue weighted by molar-refractivity contribution is 0.223. The Balaban J connectivity index is 1.84. The number of rotatable bonds is 5. The van der Waals surface area contributed by atoms with Crippen molar-refractivity contribution in [3.8, 4) is 0 Å². The largest absolute Gasteiger partial charge is 0.367 e. The van der Waals surface area contributed by atoms with E-state index in [2.05, 4.69) is 22.0 Å². The van der Waals surface area contributed by atoms with Crippen LogP contribution in [0, 0.1) is 11.7 Å². The highest BCUT2D eigenvalue weighted by atomic mass is 19.1. The molecule has 1 aromatic carbocycles. The molecule has 0 bridgehead atoms. The van der Waals surface area contributed by atoms with E-state index in [-0.39, 0.29) is 5.82 Å². The van der Waals surface area contributed by atoms with Gasteiger partial charge in [-0.2, -0.15) is 0 Å². The maximum atomic E-state index is 13.7. The minimum absolute atomic E-state index is 0.112. The smallest absolute Gasteiger partial charge is 0.146 e. The summed E-state index contributed by atoms with van der Waals surface area (Å²) in [6.07, 6.45) is 0. The van der Waals surface area contributed by atoms with Gasteiger partial charge in [0.15, 0.2) is 0 Å². The third kappa shape index (κ3) is 3.91. The van der Waals surface area contributed by atoms with Crippen molar-refractivity contribution in [2.75, 3.05) is 51.2 Å². The van der Waals surface area contributed by atoms with Crippen LogP contribution in [0.15, 0.2) is 24.3 Å². The first-order valence-electron chi connectivity index (χ1n) is 7.07. The first-order chi connectivity index (χ1) is 9.20. The Kier molecular flexibility index (Phi) is 5.16. The molecule has 1 unspecified atom stereocenters. The second kappa shape index (κ2) is 6.87. The highest BCUT2D eigenvalue weighted by Gasteiger charge is 2.20. The molecule has 1 atom stereocenters. The lowest BCUT2D eigenvalue weighted by Crippen LogP contribution is -2.48. The third-order valence-corrected chi connectivity index (χ3v) is 3.69. The van der Waals surface area contributed by atoms with Gasteiger partial charge in [0.05, 0.1) is 5.69 Å². The summed E-state index contributed by atoms with van der Waals surface area (Å²) in [6, 6.07) is 7.06. The number of nitrogens with one attached hydrogen (secondary N) is 1. The standard InChI is InChI=1S/C15H24FN3/c1-13(11-17-2)12-18-7-9-19(10-8-18)15-6-4-3-5-14(15)16/h3-6,13,17H,7-12H2,1-2H3. The van der Waals surface area contributed by atoms with Crippen LogP contribution in [0.2, 0.25) is 0 Å². The van der Waals surface area contributed by atoms with E-state index in [4.69, 9.17) is 0 Å². The van der Waals surface area contributed by atoms with Crippen LogP contribution >= 0.6 is 0 Å². The molecule has 106 valence electrons. The number of anilines is 1. The second-order valence-corrected chi connectivity index (χ2v) is 5.40. The summed E-state index contributed by atoms with van der Waals surface area (Å²) in [5, 5.41) is 3.21. The molecule has 1 fully saturated rings. The molecule has 1 aromatic rings. The molecule has 1 heterocycles. The Hall–Kier alpha value is -1.13. The highest BCUT2D eigenvalue weighted by molar-refractivity contribution is 5.47. The molecule has 2 rings (SSSR count). The summed E-state index contributed by atoms with van der Waals surface area (Å²) < 4.78 is 13.7. The quantitative estimate of drug-likeness (QED) is 0.876. The van der Waals surface area contributed by atoms with Gasteiger partial charge in [-0.25, -0.2) is 4.39 Å². The van der Waals surface area contributed by atoms with Gasteiger partial charge in [-0.3, -0.25) is 4.90 Å². The van der Waals surface area contributed by atoms with E-state index in [1.165, 1.54) is 6.07 Å². The van der Waals surface area contributed by atoms with Gasteiger partial charge in [-0.05, 0) is 31.6 Å². The van der Waals surface area contributed by atoms with Crippen molar-refractivity contribution in [1.29, 1.82) is 0 Å². The predicted octanol–water partition coefficient (Wildman–Crippen LogP) is 1.80. The summed E-state index contributed by atoms with van der Waals surface area (Å²) in [4.78, 5) is 4.62. The molecule has 19 heavy (non-hydrogen) atoms. The number of hydrogen-bond donors (Lipinski definition) is 1. The van der Waals surface area contributed by atoms with Crippen LogP contribution in [0.3, 0.4) is 0 Å². The first kappa shape index (κ1) is 14.3. The first-order valence-corrected chi connectivity index (χ1v) is 7.07. The molecule has 3 nitrogen and oxygen atoms in total. The Bertz CT molecular complexity index is 389. The lowest BCUT2D eigenvalue weighted by atomic mass is 10.1. The fourth-order valence-corrected chi connectivity index (χ4v) is 2.73. The van der Waals surface area contributed by atoms with Crippen molar-refractivity contribution >= 4 is 5.69 Å². The van der Waals surface area contributed by atoms with Crippen molar-refractivity contribution in [2.45, 2.75) is 6.92 Å². The number of benzene rings is 1. The molecule has 0 radical (unpaired) electrons. The van der Waals surface area contributed by atoms with Crippen molar-refractivity contribution < 1.29 is 4.39 Å². The predicted molar refractivity (Wildman–Crippen MR) is 78.1 cm³/mol. The second-order valence-electron chi connectivity index (χ2n) is 5.40. The Morgan fingerprint density at radius 1 is 1.21 bits per heavy atom. The topological polar surface area (TPSA) is 18.5 Å². The molecule has 0 saturated carbocycles. The van der Waals surface area contributed by atoms with Crippen LogP contribution in [0.4, 0.5) is 10.1 Å². The molecule has 1 aliphatic rings. The molecular weight excluding hydrogens is 241 g/mol. The zero-order valence-electron chi connectivity index (χ0n) is 11.9.